The minimum Gasteiger partial charge on any atom is -0.457 e. The first-order valence-electron chi connectivity index (χ1n) is 16.0. The molecule has 0 aliphatic carbocycles. The first-order valence-corrected chi connectivity index (χ1v) is 16.4. The molecule has 11 heteroatoms. The number of benzene rings is 2. The zero-order chi connectivity index (χ0) is 33.5. The van der Waals surface area contributed by atoms with E-state index in [0.29, 0.717) is 33.7 Å². The smallest absolute Gasteiger partial charge is 0.254 e. The molecule has 47 heavy (non-hydrogen) atoms. The van der Waals surface area contributed by atoms with Crippen LogP contribution in [-0.2, 0) is 11.3 Å². The Bertz CT molecular complexity index is 1690. The summed E-state index contributed by atoms with van der Waals surface area (Å²) >= 11 is 6.13. The molecule has 1 amide bonds. The molecule has 248 valence electrons. The summed E-state index contributed by atoms with van der Waals surface area (Å²) < 4.78 is 28.6. The second-order valence-corrected chi connectivity index (χ2v) is 12.8. The summed E-state index contributed by atoms with van der Waals surface area (Å²) in [6.45, 7) is 7.09. The fourth-order valence-electron chi connectivity index (χ4n) is 5.81. The SMILES string of the molecule is CC(C)C(=N)/C=C\C(=N)c1ccc(Oc2cc(C(=O)NC3CCN(C4CCOCC4)CC3)c(F)cc2Cn2cc(Cl)ccc2=O)cc1. The van der Waals surface area contributed by atoms with E-state index >= 15 is 4.39 Å². The number of hydrogen-bond donors (Lipinski definition) is 3. The molecule has 2 fully saturated rings. The van der Waals surface area contributed by atoms with E-state index in [4.69, 9.17) is 31.9 Å². The van der Waals surface area contributed by atoms with Crippen molar-refractivity contribution in [2.24, 2.45) is 5.92 Å². The number of piperidine rings is 1. The molecule has 0 saturated carbocycles. The summed E-state index contributed by atoms with van der Waals surface area (Å²) in [7, 11) is 0. The van der Waals surface area contributed by atoms with Crippen molar-refractivity contribution in [2.75, 3.05) is 26.3 Å². The van der Waals surface area contributed by atoms with Gasteiger partial charge in [0.05, 0.1) is 22.8 Å². The summed E-state index contributed by atoms with van der Waals surface area (Å²) in [6.07, 6.45) is 8.25. The van der Waals surface area contributed by atoms with Gasteiger partial charge in [0.2, 0.25) is 0 Å². The van der Waals surface area contributed by atoms with Crippen molar-refractivity contribution in [3.05, 3.63) is 105 Å². The average Bonchev–Trinajstić information content (AvgIpc) is 3.07. The number of amides is 1. The number of hydrogen-bond acceptors (Lipinski definition) is 7. The van der Waals surface area contributed by atoms with Crippen molar-refractivity contribution in [2.45, 2.75) is 58.2 Å². The average molecular weight is 662 g/mol. The van der Waals surface area contributed by atoms with Crippen molar-refractivity contribution in [1.29, 1.82) is 10.8 Å². The minimum absolute atomic E-state index is 0.0342. The van der Waals surface area contributed by atoms with Gasteiger partial charge in [-0.15, -0.1) is 0 Å². The number of carbonyl (C=O) groups excluding carboxylic acids is 1. The molecule has 9 nitrogen and oxygen atoms in total. The lowest BCUT2D eigenvalue weighted by molar-refractivity contribution is 0.0238. The minimum atomic E-state index is -0.720. The van der Waals surface area contributed by atoms with Gasteiger partial charge in [0.15, 0.2) is 0 Å². The van der Waals surface area contributed by atoms with Crippen LogP contribution in [0.15, 0.2) is 71.7 Å². The summed E-state index contributed by atoms with van der Waals surface area (Å²) in [6, 6.07) is 12.6. The molecule has 2 aliphatic heterocycles. The van der Waals surface area contributed by atoms with Crippen LogP contribution in [0, 0.1) is 22.6 Å². The maximum absolute atomic E-state index is 15.6. The van der Waals surface area contributed by atoms with Crippen molar-refractivity contribution >= 4 is 28.9 Å². The number of carbonyl (C=O) groups is 1. The zero-order valence-corrected chi connectivity index (χ0v) is 27.5. The molecular formula is C36H41ClFN5O4. The summed E-state index contributed by atoms with van der Waals surface area (Å²) in [5, 5.41) is 19.7. The van der Waals surface area contributed by atoms with Crippen LogP contribution in [0.2, 0.25) is 5.02 Å². The van der Waals surface area contributed by atoms with E-state index in [9.17, 15) is 9.59 Å². The Morgan fingerprint density at radius 2 is 1.77 bits per heavy atom. The van der Waals surface area contributed by atoms with Crippen LogP contribution in [-0.4, -0.2) is 65.2 Å². The van der Waals surface area contributed by atoms with Gasteiger partial charge in [0.1, 0.15) is 17.3 Å². The molecule has 5 rings (SSSR count). The number of nitrogens with one attached hydrogen (secondary N) is 3. The van der Waals surface area contributed by atoms with E-state index in [1.54, 1.807) is 36.4 Å². The number of aromatic nitrogens is 1. The lowest BCUT2D eigenvalue weighted by atomic mass is 9.99. The molecule has 0 atom stereocenters. The fourth-order valence-corrected chi connectivity index (χ4v) is 5.99. The summed E-state index contributed by atoms with van der Waals surface area (Å²) in [5.74, 6) is -0.567. The Morgan fingerprint density at radius 3 is 2.45 bits per heavy atom. The van der Waals surface area contributed by atoms with Crippen LogP contribution in [0.25, 0.3) is 0 Å². The quantitative estimate of drug-likeness (QED) is 0.204. The number of allylic oxidation sites excluding steroid dienone is 2. The van der Waals surface area contributed by atoms with Crippen molar-refractivity contribution in [1.82, 2.24) is 14.8 Å². The van der Waals surface area contributed by atoms with Gasteiger partial charge in [0.25, 0.3) is 11.5 Å². The molecule has 1 aromatic heterocycles. The van der Waals surface area contributed by atoms with Gasteiger partial charge in [-0.2, -0.15) is 0 Å². The van der Waals surface area contributed by atoms with Crippen LogP contribution in [0.3, 0.4) is 0 Å². The Balaban J connectivity index is 1.35. The monoisotopic (exact) mass is 661 g/mol. The van der Waals surface area contributed by atoms with E-state index in [1.165, 1.54) is 35.0 Å². The zero-order valence-electron chi connectivity index (χ0n) is 26.7. The lowest BCUT2D eigenvalue weighted by Gasteiger charge is -2.39. The number of pyridine rings is 1. The van der Waals surface area contributed by atoms with Crippen molar-refractivity contribution < 1.29 is 18.7 Å². The molecule has 3 N–H and O–H groups in total. The van der Waals surface area contributed by atoms with Gasteiger partial charge in [-0.25, -0.2) is 4.39 Å². The Kier molecular flexibility index (Phi) is 11.4. The van der Waals surface area contributed by atoms with Gasteiger partial charge in [-0.1, -0.05) is 25.4 Å². The topological polar surface area (TPSA) is 120 Å². The molecule has 0 unspecified atom stereocenters. The van der Waals surface area contributed by atoms with E-state index < -0.39 is 11.7 Å². The molecule has 0 radical (unpaired) electrons. The number of likely N-dealkylation sites (tertiary alicyclic amines) is 1. The molecule has 2 saturated heterocycles. The molecule has 3 aromatic rings. The second kappa shape index (κ2) is 15.6. The fraction of sp³-hybridized carbons (Fsp3) is 0.389. The van der Waals surface area contributed by atoms with Crippen LogP contribution in [0.1, 0.15) is 61.0 Å². The first-order chi connectivity index (χ1) is 22.6. The molecule has 3 heterocycles. The van der Waals surface area contributed by atoms with Crippen LogP contribution in [0.4, 0.5) is 4.39 Å². The first kappa shape index (κ1) is 34.2. The highest BCUT2D eigenvalue weighted by Gasteiger charge is 2.28. The van der Waals surface area contributed by atoms with Crippen molar-refractivity contribution in [3.8, 4) is 11.5 Å². The number of halogens is 2. The molecule has 0 spiro atoms. The van der Waals surface area contributed by atoms with Crippen LogP contribution >= 0.6 is 11.6 Å². The predicted molar refractivity (Wildman–Crippen MR) is 182 cm³/mol. The molecule has 2 aliphatic rings. The maximum atomic E-state index is 15.6. The summed E-state index contributed by atoms with van der Waals surface area (Å²) in [4.78, 5) is 28.4. The Labute approximate surface area is 279 Å². The summed E-state index contributed by atoms with van der Waals surface area (Å²) in [5.41, 5.74) is 1.17. The molecular weight excluding hydrogens is 621 g/mol. The van der Waals surface area contributed by atoms with Gasteiger partial charge in [0, 0.05) is 61.9 Å². The van der Waals surface area contributed by atoms with Gasteiger partial charge in [-0.3, -0.25) is 9.59 Å². The maximum Gasteiger partial charge on any atom is 0.254 e. The number of rotatable bonds is 11. The van der Waals surface area contributed by atoms with E-state index in [-0.39, 0.29) is 41.1 Å². The van der Waals surface area contributed by atoms with Crippen molar-refractivity contribution in [3.63, 3.8) is 0 Å². The predicted octanol–water partition coefficient (Wildman–Crippen LogP) is 6.45. The lowest BCUT2D eigenvalue weighted by Crippen LogP contribution is -2.49. The highest BCUT2D eigenvalue weighted by molar-refractivity contribution is 6.30. The Morgan fingerprint density at radius 1 is 1.06 bits per heavy atom. The van der Waals surface area contributed by atoms with Gasteiger partial charge >= 0.3 is 0 Å². The van der Waals surface area contributed by atoms with Crippen LogP contribution in [0.5, 0.6) is 11.5 Å². The van der Waals surface area contributed by atoms with Gasteiger partial charge < -0.3 is 35.1 Å². The third-order valence-electron chi connectivity index (χ3n) is 8.70. The third kappa shape index (κ3) is 9.03. The Hall–Kier alpha value is -4.12. The molecule has 0 bridgehead atoms. The number of nitrogens with zero attached hydrogens (tertiary/aromatic N) is 2. The van der Waals surface area contributed by atoms with E-state index in [0.717, 1.165) is 52.0 Å². The highest BCUT2D eigenvalue weighted by Crippen LogP contribution is 2.30. The van der Waals surface area contributed by atoms with Gasteiger partial charge in [-0.05, 0) is 91.8 Å². The molecule has 2 aromatic carbocycles. The largest absolute Gasteiger partial charge is 0.457 e. The van der Waals surface area contributed by atoms with E-state index in [1.807, 2.05) is 13.8 Å². The second-order valence-electron chi connectivity index (χ2n) is 12.4. The highest BCUT2D eigenvalue weighted by atomic mass is 35.5. The third-order valence-corrected chi connectivity index (χ3v) is 8.92. The van der Waals surface area contributed by atoms with Crippen LogP contribution < -0.4 is 15.6 Å². The van der Waals surface area contributed by atoms with E-state index in [2.05, 4.69) is 10.2 Å². The number of ether oxygens (including phenoxy) is 2. The standard InChI is InChI=1S/C36H41ClFN5O4/c1-23(2)32(39)8-9-33(40)24-3-6-29(7-4-24)47-34-20-30(31(38)19-25(34)21-43-22-26(37)5-10-35(43)44)36(45)41-27-11-15-42(16-12-27)28-13-17-46-18-14-28/h3-10,19-20,22-23,27-28,39-40H,11-18,21H2,1-2H3,(H,41,45)/b9-8-,39-32?,40-33?. The normalized spacial score (nSPS) is 16.4.